The zero-order valence-corrected chi connectivity index (χ0v) is 9.58. The van der Waals surface area contributed by atoms with E-state index in [0.717, 1.165) is 19.6 Å². The van der Waals surface area contributed by atoms with Gasteiger partial charge in [0.1, 0.15) is 0 Å². The van der Waals surface area contributed by atoms with Crippen LogP contribution in [0, 0.1) is 5.41 Å². The van der Waals surface area contributed by atoms with Crippen LogP contribution < -0.4 is 5.32 Å². The van der Waals surface area contributed by atoms with Crippen molar-refractivity contribution in [3.05, 3.63) is 11.6 Å². The van der Waals surface area contributed by atoms with Crippen molar-refractivity contribution in [1.82, 2.24) is 5.32 Å². The van der Waals surface area contributed by atoms with E-state index in [4.69, 9.17) is 16.3 Å². The van der Waals surface area contributed by atoms with Gasteiger partial charge in [0, 0.05) is 31.8 Å². The molecule has 0 saturated heterocycles. The fourth-order valence-electron chi connectivity index (χ4n) is 1.00. The van der Waals surface area contributed by atoms with Crippen molar-refractivity contribution in [2.45, 2.75) is 20.3 Å². The van der Waals surface area contributed by atoms with Gasteiger partial charge in [-0.2, -0.15) is 0 Å². The molecule has 0 unspecified atom stereocenters. The van der Waals surface area contributed by atoms with Gasteiger partial charge in [0.2, 0.25) is 0 Å². The Morgan fingerprint density at radius 2 is 2.15 bits per heavy atom. The molecular weight excluding hydrogens is 186 g/mol. The second kappa shape index (κ2) is 6.41. The van der Waals surface area contributed by atoms with E-state index in [1.165, 1.54) is 0 Å². The maximum Gasteiger partial charge on any atom is 0.0467 e. The second-order valence-corrected chi connectivity index (χ2v) is 4.56. The van der Waals surface area contributed by atoms with Gasteiger partial charge in [0.05, 0.1) is 0 Å². The number of nitrogens with one attached hydrogen (secondary N) is 1. The summed E-state index contributed by atoms with van der Waals surface area (Å²) in [5.41, 5.74) is 0.252. The molecule has 0 aliphatic heterocycles. The Hall–Kier alpha value is -0.0500. The van der Waals surface area contributed by atoms with Crippen LogP contribution in [0.25, 0.3) is 0 Å². The van der Waals surface area contributed by atoms with Crippen molar-refractivity contribution >= 4 is 11.6 Å². The van der Waals surface area contributed by atoms with Crippen LogP contribution in [0.2, 0.25) is 0 Å². The first kappa shape index (κ1) is 12.9. The van der Waals surface area contributed by atoms with Gasteiger partial charge in [-0.15, -0.1) is 0 Å². The van der Waals surface area contributed by atoms with Crippen molar-refractivity contribution in [2.24, 2.45) is 5.41 Å². The van der Waals surface area contributed by atoms with Crippen LogP contribution in [0.1, 0.15) is 20.3 Å². The topological polar surface area (TPSA) is 21.3 Å². The van der Waals surface area contributed by atoms with Gasteiger partial charge in [-0.25, -0.2) is 0 Å². The molecule has 0 aromatic carbocycles. The van der Waals surface area contributed by atoms with Crippen molar-refractivity contribution < 1.29 is 4.74 Å². The maximum atomic E-state index is 5.63. The molecular formula is C10H20ClNO. The third-order valence-corrected chi connectivity index (χ3v) is 2.04. The lowest BCUT2D eigenvalue weighted by Gasteiger charge is -2.24. The Morgan fingerprint density at radius 3 is 2.62 bits per heavy atom. The zero-order chi connectivity index (χ0) is 10.3. The van der Waals surface area contributed by atoms with E-state index in [1.807, 2.05) is 0 Å². The zero-order valence-electron chi connectivity index (χ0n) is 8.82. The third-order valence-electron chi connectivity index (χ3n) is 1.90. The minimum Gasteiger partial charge on any atom is -0.385 e. The number of rotatable bonds is 7. The molecule has 0 aromatic rings. The van der Waals surface area contributed by atoms with E-state index < -0.39 is 0 Å². The lowest BCUT2D eigenvalue weighted by Crippen LogP contribution is -2.31. The van der Waals surface area contributed by atoms with E-state index in [2.05, 4.69) is 25.7 Å². The van der Waals surface area contributed by atoms with Crippen molar-refractivity contribution in [3.8, 4) is 0 Å². The molecule has 0 rings (SSSR count). The normalized spacial score (nSPS) is 11.7. The molecule has 0 amide bonds. The average Bonchev–Trinajstić information content (AvgIpc) is 2.00. The molecule has 0 atom stereocenters. The predicted molar refractivity (Wildman–Crippen MR) is 58.1 cm³/mol. The van der Waals surface area contributed by atoms with Crippen LogP contribution in [-0.4, -0.2) is 26.8 Å². The van der Waals surface area contributed by atoms with Crippen LogP contribution in [0.15, 0.2) is 11.6 Å². The minimum atomic E-state index is 0.252. The van der Waals surface area contributed by atoms with E-state index in [-0.39, 0.29) is 5.41 Å². The Balaban J connectivity index is 3.56. The molecule has 0 aliphatic rings. The molecule has 0 fully saturated rings. The molecule has 0 saturated carbocycles. The summed E-state index contributed by atoms with van der Waals surface area (Å²) >= 11 is 5.63. The average molecular weight is 206 g/mol. The summed E-state index contributed by atoms with van der Waals surface area (Å²) in [7, 11) is 1.73. The fourth-order valence-corrected chi connectivity index (χ4v) is 1.10. The highest BCUT2D eigenvalue weighted by molar-refractivity contribution is 6.29. The van der Waals surface area contributed by atoms with Gasteiger partial charge in [-0.1, -0.05) is 32.0 Å². The molecule has 3 heteroatoms. The van der Waals surface area contributed by atoms with E-state index in [0.29, 0.717) is 11.6 Å². The van der Waals surface area contributed by atoms with Crippen LogP contribution in [0.5, 0.6) is 0 Å². The van der Waals surface area contributed by atoms with Crippen molar-refractivity contribution in [1.29, 1.82) is 0 Å². The second-order valence-electron chi connectivity index (χ2n) is 4.03. The van der Waals surface area contributed by atoms with Crippen molar-refractivity contribution in [2.75, 3.05) is 26.8 Å². The Labute approximate surface area is 86.3 Å². The first-order chi connectivity index (χ1) is 5.98. The monoisotopic (exact) mass is 205 g/mol. The lowest BCUT2D eigenvalue weighted by atomic mass is 9.90. The van der Waals surface area contributed by atoms with E-state index in [9.17, 15) is 0 Å². The summed E-state index contributed by atoms with van der Waals surface area (Å²) < 4.78 is 5.03. The summed E-state index contributed by atoms with van der Waals surface area (Å²) in [6.07, 6.45) is 1.05. The van der Waals surface area contributed by atoms with Gasteiger partial charge >= 0.3 is 0 Å². The van der Waals surface area contributed by atoms with Crippen LogP contribution in [0.3, 0.4) is 0 Å². The Morgan fingerprint density at radius 1 is 1.54 bits per heavy atom. The highest BCUT2D eigenvalue weighted by atomic mass is 35.5. The van der Waals surface area contributed by atoms with Crippen molar-refractivity contribution in [3.63, 3.8) is 0 Å². The molecule has 0 radical (unpaired) electrons. The summed E-state index contributed by atoms with van der Waals surface area (Å²) in [4.78, 5) is 0. The number of hydrogen-bond donors (Lipinski definition) is 1. The first-order valence-corrected chi connectivity index (χ1v) is 4.89. The fraction of sp³-hybridized carbons (Fsp3) is 0.800. The van der Waals surface area contributed by atoms with Gasteiger partial charge in [-0.3, -0.25) is 0 Å². The standard InChI is InChI=1S/C10H20ClNO/c1-9(11)7-12-8-10(2,3)5-6-13-4/h12H,1,5-8H2,2-4H3. The predicted octanol–water partition coefficient (Wildman–Crippen LogP) is 2.39. The summed E-state index contributed by atoms with van der Waals surface area (Å²) in [5, 5.41) is 3.90. The lowest BCUT2D eigenvalue weighted by molar-refractivity contribution is 0.151. The van der Waals surface area contributed by atoms with Gasteiger partial charge in [0.15, 0.2) is 0 Å². The number of ether oxygens (including phenoxy) is 1. The number of hydrogen-bond acceptors (Lipinski definition) is 2. The molecule has 2 nitrogen and oxygen atoms in total. The van der Waals surface area contributed by atoms with Crippen LogP contribution >= 0.6 is 11.6 Å². The smallest absolute Gasteiger partial charge is 0.0467 e. The molecule has 0 heterocycles. The molecule has 0 aromatic heterocycles. The first-order valence-electron chi connectivity index (χ1n) is 4.51. The van der Waals surface area contributed by atoms with Gasteiger partial charge < -0.3 is 10.1 Å². The highest BCUT2D eigenvalue weighted by Crippen LogP contribution is 2.18. The molecule has 0 aliphatic carbocycles. The summed E-state index contributed by atoms with van der Waals surface area (Å²) in [5.74, 6) is 0. The van der Waals surface area contributed by atoms with Gasteiger partial charge in [-0.05, 0) is 11.8 Å². The molecule has 78 valence electrons. The summed E-state index contributed by atoms with van der Waals surface area (Å²) in [6, 6.07) is 0. The molecule has 1 N–H and O–H groups in total. The molecule has 0 spiro atoms. The van der Waals surface area contributed by atoms with Crippen LogP contribution in [0.4, 0.5) is 0 Å². The Kier molecular flexibility index (Phi) is 6.39. The maximum absolute atomic E-state index is 5.63. The quantitative estimate of drug-likeness (QED) is 0.689. The SMILES string of the molecule is C=C(Cl)CNCC(C)(C)CCOC. The Bertz CT molecular complexity index is 157. The minimum absolute atomic E-state index is 0.252. The number of methoxy groups -OCH3 is 1. The highest BCUT2D eigenvalue weighted by Gasteiger charge is 2.16. The van der Waals surface area contributed by atoms with E-state index >= 15 is 0 Å². The van der Waals surface area contributed by atoms with E-state index in [1.54, 1.807) is 7.11 Å². The number of halogens is 1. The van der Waals surface area contributed by atoms with Gasteiger partial charge in [0.25, 0.3) is 0 Å². The molecule has 13 heavy (non-hydrogen) atoms. The largest absolute Gasteiger partial charge is 0.385 e. The summed E-state index contributed by atoms with van der Waals surface area (Å²) in [6.45, 7) is 10.4. The van der Waals surface area contributed by atoms with Crippen LogP contribution in [-0.2, 0) is 4.74 Å². The molecule has 0 bridgehead atoms. The third kappa shape index (κ3) is 8.28.